The number of benzene rings is 1. The van der Waals surface area contributed by atoms with Gasteiger partial charge in [-0.25, -0.2) is 9.59 Å². The molecule has 0 aliphatic rings. The van der Waals surface area contributed by atoms with Gasteiger partial charge in [-0.1, -0.05) is 30.3 Å². The van der Waals surface area contributed by atoms with E-state index >= 15 is 0 Å². The van der Waals surface area contributed by atoms with E-state index in [1.165, 1.54) is 14.0 Å². The van der Waals surface area contributed by atoms with Crippen LogP contribution in [0.4, 0.5) is 4.79 Å². The Morgan fingerprint density at radius 3 is 2.20 bits per heavy atom. The summed E-state index contributed by atoms with van der Waals surface area (Å²) in [5.41, 5.74) is 0.447. The predicted molar refractivity (Wildman–Crippen MR) is 72.0 cm³/mol. The van der Waals surface area contributed by atoms with Gasteiger partial charge < -0.3 is 21.1 Å². The van der Waals surface area contributed by atoms with Gasteiger partial charge in [-0.2, -0.15) is 0 Å². The first-order valence-corrected chi connectivity index (χ1v) is 6.02. The number of hydrogen-bond donors (Lipinski definition) is 4. The van der Waals surface area contributed by atoms with Crippen LogP contribution in [0.1, 0.15) is 18.5 Å². The van der Waals surface area contributed by atoms with Crippen LogP contribution >= 0.6 is 0 Å². The minimum atomic E-state index is -1.18. The van der Waals surface area contributed by atoms with E-state index in [4.69, 9.17) is 5.11 Å². The smallest absolute Gasteiger partial charge is 0.330 e. The van der Waals surface area contributed by atoms with Crippen LogP contribution in [0, 0.1) is 0 Å². The number of amides is 3. The molecule has 0 aliphatic heterocycles. The van der Waals surface area contributed by atoms with Crippen LogP contribution in [0.25, 0.3) is 0 Å². The summed E-state index contributed by atoms with van der Waals surface area (Å²) >= 11 is 0. The van der Waals surface area contributed by atoms with E-state index in [0.717, 1.165) is 0 Å². The monoisotopic (exact) mass is 279 g/mol. The molecule has 0 saturated heterocycles. The molecule has 108 valence electrons. The first-order chi connectivity index (χ1) is 9.45. The third kappa shape index (κ3) is 4.27. The Balaban J connectivity index is 2.70. The van der Waals surface area contributed by atoms with Crippen molar-refractivity contribution in [2.75, 3.05) is 7.05 Å². The molecular weight excluding hydrogens is 262 g/mol. The Morgan fingerprint density at radius 2 is 1.70 bits per heavy atom. The molecule has 7 heteroatoms. The van der Waals surface area contributed by atoms with Crippen molar-refractivity contribution in [2.24, 2.45) is 0 Å². The average molecular weight is 279 g/mol. The van der Waals surface area contributed by atoms with E-state index < -0.39 is 24.1 Å². The van der Waals surface area contributed by atoms with Gasteiger partial charge >= 0.3 is 12.0 Å². The van der Waals surface area contributed by atoms with Gasteiger partial charge in [0.15, 0.2) is 6.04 Å². The van der Waals surface area contributed by atoms with Gasteiger partial charge in [-0.3, -0.25) is 4.79 Å². The Hall–Kier alpha value is -2.57. The van der Waals surface area contributed by atoms with Crippen molar-refractivity contribution in [2.45, 2.75) is 19.0 Å². The number of carboxylic acid groups (broad SMARTS) is 1. The number of carbonyl (C=O) groups is 3. The second-order valence-corrected chi connectivity index (χ2v) is 4.14. The molecular formula is C13H17N3O4. The molecule has 20 heavy (non-hydrogen) atoms. The lowest BCUT2D eigenvalue weighted by Crippen LogP contribution is -2.49. The number of carbonyl (C=O) groups excluding carboxylic acids is 2. The largest absolute Gasteiger partial charge is 0.479 e. The number of nitrogens with one attached hydrogen (secondary N) is 3. The zero-order valence-corrected chi connectivity index (χ0v) is 11.2. The minimum absolute atomic E-state index is 0.369. The molecule has 0 radical (unpaired) electrons. The third-order valence-corrected chi connectivity index (χ3v) is 2.64. The van der Waals surface area contributed by atoms with Gasteiger partial charge in [0, 0.05) is 7.05 Å². The van der Waals surface area contributed by atoms with Gasteiger partial charge in [0.25, 0.3) is 0 Å². The van der Waals surface area contributed by atoms with Crippen LogP contribution in [-0.2, 0) is 9.59 Å². The van der Waals surface area contributed by atoms with Crippen LogP contribution in [0.5, 0.6) is 0 Å². The molecule has 0 aliphatic carbocycles. The number of aliphatic carboxylic acids is 1. The third-order valence-electron chi connectivity index (χ3n) is 2.64. The fourth-order valence-electron chi connectivity index (χ4n) is 1.58. The highest BCUT2D eigenvalue weighted by Gasteiger charge is 2.23. The fourth-order valence-corrected chi connectivity index (χ4v) is 1.58. The summed E-state index contributed by atoms with van der Waals surface area (Å²) in [6, 6.07) is 5.64. The summed E-state index contributed by atoms with van der Waals surface area (Å²) in [4.78, 5) is 34.2. The maximum Gasteiger partial charge on any atom is 0.330 e. The standard InChI is InChI=1S/C13H17N3O4/c1-8(11(17)14-2)15-13(20)16-10(12(18)19)9-6-4-3-5-7-9/h3-8,10H,1-2H3,(H,14,17)(H,18,19)(H2,15,16,20)/t8?,10-/m1/s1. The lowest BCUT2D eigenvalue weighted by atomic mass is 10.1. The maximum absolute atomic E-state index is 11.7. The molecule has 1 rings (SSSR count). The highest BCUT2D eigenvalue weighted by molar-refractivity contribution is 5.88. The fraction of sp³-hybridized carbons (Fsp3) is 0.308. The SMILES string of the molecule is CNC(=O)C(C)NC(=O)N[C@@H](C(=O)O)c1ccccc1. The molecule has 0 spiro atoms. The van der Waals surface area contributed by atoms with Gasteiger partial charge in [0.1, 0.15) is 6.04 Å². The minimum Gasteiger partial charge on any atom is -0.479 e. The van der Waals surface area contributed by atoms with Crippen LogP contribution in [0.2, 0.25) is 0 Å². The summed E-state index contributed by atoms with van der Waals surface area (Å²) < 4.78 is 0. The van der Waals surface area contributed by atoms with Crippen molar-refractivity contribution < 1.29 is 19.5 Å². The Labute approximate surface area is 116 Å². The Bertz CT molecular complexity index is 490. The summed E-state index contributed by atoms with van der Waals surface area (Å²) in [6.07, 6.45) is 0. The second-order valence-electron chi connectivity index (χ2n) is 4.14. The first-order valence-electron chi connectivity index (χ1n) is 6.02. The second kappa shape index (κ2) is 7.13. The summed E-state index contributed by atoms with van der Waals surface area (Å²) in [6.45, 7) is 1.50. The van der Waals surface area contributed by atoms with Crippen molar-refractivity contribution in [3.05, 3.63) is 35.9 Å². The number of urea groups is 1. The van der Waals surface area contributed by atoms with Crippen LogP contribution in [0.15, 0.2) is 30.3 Å². The first kappa shape index (κ1) is 15.5. The lowest BCUT2D eigenvalue weighted by molar-refractivity contribution is -0.139. The highest BCUT2D eigenvalue weighted by Crippen LogP contribution is 2.12. The molecule has 4 N–H and O–H groups in total. The van der Waals surface area contributed by atoms with E-state index in [9.17, 15) is 14.4 Å². The highest BCUT2D eigenvalue weighted by atomic mass is 16.4. The maximum atomic E-state index is 11.7. The van der Waals surface area contributed by atoms with Crippen molar-refractivity contribution in [1.82, 2.24) is 16.0 Å². The number of carboxylic acids is 1. The van der Waals surface area contributed by atoms with E-state index in [0.29, 0.717) is 5.56 Å². The summed E-state index contributed by atoms with van der Waals surface area (Å²) in [5.74, 6) is -1.55. The van der Waals surface area contributed by atoms with E-state index in [-0.39, 0.29) is 5.91 Å². The van der Waals surface area contributed by atoms with Crippen LogP contribution in [-0.4, -0.2) is 36.1 Å². The lowest BCUT2D eigenvalue weighted by Gasteiger charge is -2.17. The number of hydrogen-bond acceptors (Lipinski definition) is 3. The molecule has 7 nitrogen and oxygen atoms in total. The van der Waals surface area contributed by atoms with Crippen molar-refractivity contribution in [1.29, 1.82) is 0 Å². The van der Waals surface area contributed by atoms with Crippen molar-refractivity contribution in [3.63, 3.8) is 0 Å². The molecule has 0 fully saturated rings. The Kier molecular flexibility index (Phi) is 5.52. The Morgan fingerprint density at radius 1 is 1.10 bits per heavy atom. The quantitative estimate of drug-likeness (QED) is 0.619. The van der Waals surface area contributed by atoms with E-state index in [1.54, 1.807) is 30.3 Å². The molecule has 1 aromatic rings. The average Bonchev–Trinajstić information content (AvgIpc) is 2.44. The van der Waals surface area contributed by atoms with E-state index in [1.807, 2.05) is 0 Å². The molecule has 2 atom stereocenters. The molecule has 1 aromatic carbocycles. The van der Waals surface area contributed by atoms with Gasteiger partial charge in [-0.15, -0.1) is 0 Å². The summed E-state index contributed by atoms with van der Waals surface area (Å²) in [5, 5.41) is 16.2. The van der Waals surface area contributed by atoms with Crippen molar-refractivity contribution in [3.8, 4) is 0 Å². The molecule has 0 bridgehead atoms. The van der Waals surface area contributed by atoms with E-state index in [2.05, 4.69) is 16.0 Å². The van der Waals surface area contributed by atoms with Crippen LogP contribution in [0.3, 0.4) is 0 Å². The number of likely N-dealkylation sites (N-methyl/N-ethyl adjacent to an activating group) is 1. The van der Waals surface area contributed by atoms with Gasteiger partial charge in [0.05, 0.1) is 0 Å². The molecule has 0 heterocycles. The molecule has 1 unspecified atom stereocenters. The van der Waals surface area contributed by atoms with Gasteiger partial charge in [-0.05, 0) is 12.5 Å². The number of rotatable bonds is 5. The zero-order chi connectivity index (χ0) is 15.1. The molecule has 0 aromatic heterocycles. The summed E-state index contributed by atoms with van der Waals surface area (Å²) in [7, 11) is 1.45. The van der Waals surface area contributed by atoms with Crippen molar-refractivity contribution >= 4 is 17.9 Å². The van der Waals surface area contributed by atoms with Crippen LogP contribution < -0.4 is 16.0 Å². The molecule has 3 amide bonds. The zero-order valence-electron chi connectivity index (χ0n) is 11.2. The normalized spacial score (nSPS) is 12.9. The van der Waals surface area contributed by atoms with Gasteiger partial charge in [0.2, 0.25) is 5.91 Å². The topological polar surface area (TPSA) is 108 Å². The molecule has 0 saturated carbocycles. The predicted octanol–water partition coefficient (Wildman–Crippen LogP) is 0.246.